The molecule has 12 heteroatoms. The van der Waals surface area contributed by atoms with Crippen LogP contribution in [0.3, 0.4) is 0 Å². The van der Waals surface area contributed by atoms with Gasteiger partial charge in [-0.25, -0.2) is 14.4 Å². The lowest BCUT2D eigenvalue weighted by atomic mass is 9.95. The number of aryl methyl sites for hydroxylation is 2. The third-order valence-electron chi connectivity index (χ3n) is 7.42. The van der Waals surface area contributed by atoms with Crippen LogP contribution in [0.5, 0.6) is 5.75 Å². The number of benzene rings is 2. The number of nitrogens with one attached hydrogen (secondary N) is 1. The second-order valence-corrected chi connectivity index (χ2v) is 11.6. The zero-order chi connectivity index (χ0) is 28.6. The molecule has 1 aliphatic heterocycles. The van der Waals surface area contributed by atoms with Crippen molar-refractivity contribution in [2.75, 3.05) is 31.6 Å². The van der Waals surface area contributed by atoms with Gasteiger partial charge in [0.05, 0.1) is 29.3 Å². The average Bonchev–Trinajstić information content (AvgIpc) is 3.59. The number of hydrogen-bond donors (Lipinski definition) is 1. The van der Waals surface area contributed by atoms with Crippen molar-refractivity contribution < 1.29 is 18.7 Å². The van der Waals surface area contributed by atoms with Gasteiger partial charge in [-0.05, 0) is 54.3 Å². The van der Waals surface area contributed by atoms with Crippen LogP contribution in [0.2, 0.25) is 5.02 Å². The molecule has 0 bridgehead atoms. The van der Waals surface area contributed by atoms with Crippen LogP contribution >= 0.6 is 22.9 Å². The van der Waals surface area contributed by atoms with Crippen LogP contribution < -0.4 is 10.1 Å². The molecule has 7 rings (SSSR count). The first-order valence-corrected chi connectivity index (χ1v) is 14.8. The fourth-order valence-electron chi connectivity index (χ4n) is 5.37. The largest absolute Gasteiger partial charge is 0.487 e. The second-order valence-electron chi connectivity index (χ2n) is 10.2. The van der Waals surface area contributed by atoms with Gasteiger partial charge >= 0.3 is 0 Å². The van der Waals surface area contributed by atoms with Crippen molar-refractivity contribution >= 4 is 50.6 Å². The monoisotopic (exact) mass is 604 g/mol. The second kappa shape index (κ2) is 11.3. The molecule has 214 valence electrons. The highest BCUT2D eigenvalue weighted by atomic mass is 35.5. The number of thiophene rings is 1. The molecule has 0 atom stereocenters. The van der Waals surface area contributed by atoms with E-state index in [0.717, 1.165) is 50.4 Å². The van der Waals surface area contributed by atoms with Crippen molar-refractivity contribution in [1.29, 1.82) is 0 Å². The Hall–Kier alpha value is -4.06. The summed E-state index contributed by atoms with van der Waals surface area (Å²) in [6, 6.07) is 11.7. The molecular formula is C30H26ClFN6O3S. The Morgan fingerprint density at radius 1 is 1.14 bits per heavy atom. The third-order valence-corrected chi connectivity index (χ3v) is 8.89. The predicted octanol–water partition coefficient (Wildman–Crippen LogP) is 5.63. The average molecular weight is 605 g/mol. The maximum Gasteiger partial charge on any atom is 0.244 e. The van der Waals surface area contributed by atoms with Crippen LogP contribution in [0.4, 0.5) is 15.9 Å². The topological polar surface area (TPSA) is 94.4 Å². The molecule has 1 aliphatic carbocycles. The minimum absolute atomic E-state index is 0.0520. The molecule has 1 fully saturated rings. The van der Waals surface area contributed by atoms with Crippen LogP contribution in [-0.2, 0) is 35.5 Å². The number of morpholine rings is 1. The van der Waals surface area contributed by atoms with E-state index in [1.807, 2.05) is 17.2 Å². The van der Waals surface area contributed by atoms with Crippen molar-refractivity contribution in [1.82, 2.24) is 24.6 Å². The predicted molar refractivity (Wildman–Crippen MR) is 159 cm³/mol. The van der Waals surface area contributed by atoms with E-state index in [4.69, 9.17) is 26.2 Å². The summed E-state index contributed by atoms with van der Waals surface area (Å²) in [6.07, 6.45) is 5.09. The van der Waals surface area contributed by atoms with Crippen LogP contribution in [0.25, 0.3) is 20.7 Å². The maximum absolute atomic E-state index is 13.5. The van der Waals surface area contributed by atoms with Crippen LogP contribution in [0.15, 0.2) is 55.0 Å². The summed E-state index contributed by atoms with van der Waals surface area (Å²) in [7, 11) is 0. The first kappa shape index (κ1) is 26.8. The van der Waals surface area contributed by atoms with E-state index in [0.29, 0.717) is 42.9 Å². The maximum atomic E-state index is 13.5. The van der Waals surface area contributed by atoms with Gasteiger partial charge in [0, 0.05) is 35.4 Å². The van der Waals surface area contributed by atoms with Gasteiger partial charge in [0.1, 0.15) is 41.7 Å². The number of amides is 1. The molecule has 2 aromatic carbocycles. The van der Waals surface area contributed by atoms with E-state index in [9.17, 15) is 9.18 Å². The lowest BCUT2D eigenvalue weighted by Gasteiger charge is -2.26. The molecule has 0 spiro atoms. The smallest absolute Gasteiger partial charge is 0.244 e. The van der Waals surface area contributed by atoms with Gasteiger partial charge in [0.15, 0.2) is 0 Å². The Labute approximate surface area is 249 Å². The van der Waals surface area contributed by atoms with Gasteiger partial charge in [-0.1, -0.05) is 23.7 Å². The van der Waals surface area contributed by atoms with E-state index in [1.54, 1.807) is 46.6 Å². The van der Waals surface area contributed by atoms with Gasteiger partial charge in [-0.3, -0.25) is 9.48 Å². The van der Waals surface area contributed by atoms with Crippen molar-refractivity contribution in [3.05, 3.63) is 82.6 Å². The van der Waals surface area contributed by atoms with Crippen molar-refractivity contribution in [3.63, 3.8) is 0 Å². The summed E-state index contributed by atoms with van der Waals surface area (Å²) in [6.45, 7) is 2.80. The number of carbonyl (C=O) groups excluding carboxylic acids is 1. The highest BCUT2D eigenvalue weighted by Crippen LogP contribution is 2.45. The molecule has 2 aliphatic rings. The first-order valence-electron chi connectivity index (χ1n) is 13.6. The summed E-state index contributed by atoms with van der Waals surface area (Å²) in [5, 5.41) is 9.56. The van der Waals surface area contributed by atoms with E-state index in [-0.39, 0.29) is 24.9 Å². The highest BCUT2D eigenvalue weighted by Gasteiger charge is 2.27. The van der Waals surface area contributed by atoms with Crippen molar-refractivity contribution in [3.8, 4) is 16.2 Å². The van der Waals surface area contributed by atoms with Crippen molar-refractivity contribution in [2.24, 2.45) is 0 Å². The first-order chi connectivity index (χ1) is 20.5. The Morgan fingerprint density at radius 2 is 2.02 bits per heavy atom. The summed E-state index contributed by atoms with van der Waals surface area (Å²) in [4.78, 5) is 25.7. The van der Waals surface area contributed by atoms with Gasteiger partial charge in [0.25, 0.3) is 0 Å². The summed E-state index contributed by atoms with van der Waals surface area (Å²) >= 11 is 8.15. The number of rotatable bonds is 7. The molecular weight excluding hydrogens is 579 g/mol. The Bertz CT molecular complexity index is 1800. The van der Waals surface area contributed by atoms with Gasteiger partial charge < -0.3 is 19.7 Å². The lowest BCUT2D eigenvalue weighted by molar-refractivity contribution is -0.136. The molecule has 1 N–H and O–H groups in total. The molecule has 5 aromatic rings. The molecule has 0 radical (unpaired) electrons. The normalized spacial score (nSPS) is 14.5. The van der Waals surface area contributed by atoms with Gasteiger partial charge in [-0.15, -0.1) is 11.3 Å². The molecule has 3 aromatic heterocycles. The van der Waals surface area contributed by atoms with E-state index in [1.165, 1.54) is 17.7 Å². The molecule has 1 saturated heterocycles. The fourth-order valence-corrected chi connectivity index (χ4v) is 6.83. The van der Waals surface area contributed by atoms with Gasteiger partial charge in [-0.2, -0.15) is 5.10 Å². The molecule has 9 nitrogen and oxygen atoms in total. The number of ether oxygens (including phenoxy) is 2. The molecule has 4 heterocycles. The van der Waals surface area contributed by atoms with E-state index >= 15 is 0 Å². The summed E-state index contributed by atoms with van der Waals surface area (Å²) < 4.78 is 26.4. The number of anilines is 2. The number of carbonyl (C=O) groups is 1. The zero-order valence-electron chi connectivity index (χ0n) is 22.5. The number of nitrogens with zero attached hydrogens (tertiary/aromatic N) is 5. The number of halogens is 2. The Morgan fingerprint density at radius 3 is 2.86 bits per heavy atom. The van der Waals surface area contributed by atoms with E-state index in [2.05, 4.69) is 15.3 Å². The summed E-state index contributed by atoms with van der Waals surface area (Å²) in [5.74, 6) is 0.942. The van der Waals surface area contributed by atoms with Crippen molar-refractivity contribution in [2.45, 2.75) is 26.0 Å². The van der Waals surface area contributed by atoms with Crippen LogP contribution in [0, 0.1) is 5.82 Å². The van der Waals surface area contributed by atoms with Crippen LogP contribution in [-0.4, -0.2) is 56.9 Å². The van der Waals surface area contributed by atoms with Crippen LogP contribution in [0.1, 0.15) is 16.8 Å². The fraction of sp³-hybridized carbons (Fsp3) is 0.267. The zero-order valence-corrected chi connectivity index (χ0v) is 24.1. The van der Waals surface area contributed by atoms with E-state index < -0.39 is 0 Å². The Kier molecular flexibility index (Phi) is 7.22. The molecule has 0 unspecified atom stereocenters. The third kappa shape index (κ3) is 5.31. The number of fused-ring (bicyclic) bond motifs is 5. The molecule has 42 heavy (non-hydrogen) atoms. The Balaban J connectivity index is 1.11. The molecule has 0 saturated carbocycles. The number of hydrogen-bond acceptors (Lipinski definition) is 8. The highest BCUT2D eigenvalue weighted by molar-refractivity contribution is 7.22. The quantitative estimate of drug-likeness (QED) is 0.257. The standard InChI is InChI=1S/C30H26ClFN6O3S/c31-23-13-20(4-7-25(23)41-16-18-2-1-3-19(32)12-18)35-29-27-21-5-6-24-22(28(21)42-30(27)34-17-33-29)14-38(36-24)15-26(39)37-8-10-40-11-9-37/h1-4,7,12-14,17H,5-6,8-11,15-16H2,(H,33,34,35). The minimum Gasteiger partial charge on any atom is -0.487 e. The minimum atomic E-state index is -0.308. The lowest BCUT2D eigenvalue weighted by Crippen LogP contribution is -2.42. The number of aromatic nitrogens is 4. The molecule has 1 amide bonds. The van der Waals surface area contributed by atoms with Gasteiger partial charge in [0.2, 0.25) is 5.91 Å². The summed E-state index contributed by atoms with van der Waals surface area (Å²) in [5.41, 5.74) is 4.68. The SMILES string of the molecule is O=C(Cn1cc2c(n1)CCc1c-2sc2ncnc(Nc3ccc(OCc4cccc(F)c4)c(Cl)c3)c12)N1CCOCC1.